The fraction of sp³-hybridized carbons (Fsp3) is 0.300. The van der Waals surface area contributed by atoms with Crippen molar-refractivity contribution >= 4 is 0 Å². The molecule has 3 nitrogen and oxygen atoms in total. The molecule has 0 saturated heterocycles. The van der Waals surface area contributed by atoms with Crippen molar-refractivity contribution in [2.45, 2.75) is 12.5 Å². The molecule has 1 rings (SSSR count). The normalized spacial score (nSPS) is 12.1. The molecule has 0 fully saturated rings. The molecule has 0 heterocycles. The maximum Gasteiger partial charge on any atom is 0.0991 e. The van der Waals surface area contributed by atoms with Gasteiger partial charge in [-0.1, -0.05) is 12.1 Å². The molecule has 1 aromatic carbocycles. The summed E-state index contributed by atoms with van der Waals surface area (Å²) in [4.78, 5) is 0. The van der Waals surface area contributed by atoms with E-state index in [0.29, 0.717) is 12.0 Å². The summed E-state index contributed by atoms with van der Waals surface area (Å²) < 4.78 is 0. The zero-order chi connectivity index (χ0) is 9.68. The Morgan fingerprint density at radius 1 is 1.54 bits per heavy atom. The first kappa shape index (κ1) is 9.72. The molecule has 0 amide bonds. The quantitative estimate of drug-likeness (QED) is 0.701. The first-order chi connectivity index (χ1) is 6.26. The molecule has 0 spiro atoms. The molecule has 13 heavy (non-hydrogen) atoms. The van der Waals surface area contributed by atoms with Crippen molar-refractivity contribution in [2.75, 3.05) is 6.61 Å². The number of aliphatic hydroxyl groups excluding tert-OH is 1. The Morgan fingerprint density at radius 3 is 2.92 bits per heavy atom. The van der Waals surface area contributed by atoms with Crippen molar-refractivity contribution in [3.05, 3.63) is 35.4 Å². The van der Waals surface area contributed by atoms with E-state index in [9.17, 15) is 0 Å². The van der Waals surface area contributed by atoms with Gasteiger partial charge in [-0.15, -0.1) is 0 Å². The van der Waals surface area contributed by atoms with Crippen LogP contribution < -0.4 is 5.73 Å². The molecule has 3 N–H and O–H groups in total. The molecule has 0 saturated carbocycles. The van der Waals surface area contributed by atoms with E-state index >= 15 is 0 Å². The van der Waals surface area contributed by atoms with E-state index in [-0.39, 0.29) is 12.6 Å². The van der Waals surface area contributed by atoms with Crippen molar-refractivity contribution in [2.24, 2.45) is 5.73 Å². The highest BCUT2D eigenvalue weighted by atomic mass is 16.3. The molecule has 0 aliphatic rings. The third kappa shape index (κ3) is 2.86. The monoisotopic (exact) mass is 176 g/mol. The Bertz CT molecular complexity index is 317. The molecule has 0 aliphatic heterocycles. The van der Waals surface area contributed by atoms with Gasteiger partial charge in [-0.05, 0) is 24.1 Å². The summed E-state index contributed by atoms with van der Waals surface area (Å²) in [7, 11) is 0. The Hall–Kier alpha value is -1.37. The molecular formula is C10H12N2O. The van der Waals surface area contributed by atoms with Gasteiger partial charge in [-0.3, -0.25) is 0 Å². The van der Waals surface area contributed by atoms with E-state index in [1.54, 1.807) is 12.1 Å². The molecule has 68 valence electrons. The summed E-state index contributed by atoms with van der Waals surface area (Å²) in [6.07, 6.45) is 0.603. The predicted octanol–water partition coefficient (Wildman–Crippen LogP) is 0.420. The van der Waals surface area contributed by atoms with Gasteiger partial charge in [0.15, 0.2) is 0 Å². The van der Waals surface area contributed by atoms with Crippen molar-refractivity contribution in [1.29, 1.82) is 5.26 Å². The Balaban J connectivity index is 2.73. The number of nitriles is 1. The van der Waals surface area contributed by atoms with Gasteiger partial charge in [0.25, 0.3) is 0 Å². The summed E-state index contributed by atoms with van der Waals surface area (Å²) in [6.45, 7) is -0.0310. The van der Waals surface area contributed by atoms with Crippen molar-refractivity contribution in [3.63, 3.8) is 0 Å². The zero-order valence-corrected chi connectivity index (χ0v) is 7.27. The highest BCUT2D eigenvalue weighted by Crippen LogP contribution is 2.05. The Kier molecular flexibility index (Phi) is 3.44. The van der Waals surface area contributed by atoms with Crippen LogP contribution in [0.15, 0.2) is 24.3 Å². The maximum atomic E-state index is 8.73. The molecule has 0 unspecified atom stereocenters. The highest BCUT2D eigenvalue weighted by molar-refractivity contribution is 5.33. The maximum absolute atomic E-state index is 8.73. The Labute approximate surface area is 77.4 Å². The van der Waals surface area contributed by atoms with Gasteiger partial charge in [-0.25, -0.2) is 0 Å². The largest absolute Gasteiger partial charge is 0.395 e. The minimum Gasteiger partial charge on any atom is -0.395 e. The van der Waals surface area contributed by atoms with Gasteiger partial charge in [0, 0.05) is 6.04 Å². The van der Waals surface area contributed by atoms with Gasteiger partial charge in [0.05, 0.1) is 18.2 Å². The molecular weight excluding hydrogens is 164 g/mol. The van der Waals surface area contributed by atoms with Crippen LogP contribution in [0, 0.1) is 11.3 Å². The van der Waals surface area contributed by atoms with Crippen LogP contribution in [0.3, 0.4) is 0 Å². The lowest BCUT2D eigenvalue weighted by atomic mass is 10.0. The van der Waals surface area contributed by atoms with Gasteiger partial charge in [0.2, 0.25) is 0 Å². The molecule has 3 heteroatoms. The van der Waals surface area contributed by atoms with Crippen LogP contribution in [0.1, 0.15) is 11.1 Å². The average Bonchev–Trinajstić information content (AvgIpc) is 2.18. The first-order valence-corrected chi connectivity index (χ1v) is 4.11. The Morgan fingerprint density at radius 2 is 2.31 bits per heavy atom. The average molecular weight is 176 g/mol. The summed E-state index contributed by atoms with van der Waals surface area (Å²) >= 11 is 0. The number of benzene rings is 1. The second-order valence-electron chi connectivity index (χ2n) is 2.96. The van der Waals surface area contributed by atoms with Crippen LogP contribution in [-0.2, 0) is 6.42 Å². The zero-order valence-electron chi connectivity index (χ0n) is 7.27. The fourth-order valence-electron chi connectivity index (χ4n) is 1.14. The van der Waals surface area contributed by atoms with E-state index in [0.717, 1.165) is 5.56 Å². The number of hydrogen-bond acceptors (Lipinski definition) is 3. The van der Waals surface area contributed by atoms with Crippen molar-refractivity contribution < 1.29 is 5.11 Å². The van der Waals surface area contributed by atoms with E-state index in [1.807, 2.05) is 12.1 Å². The second kappa shape index (κ2) is 4.61. The van der Waals surface area contributed by atoms with Crippen LogP contribution in [-0.4, -0.2) is 17.8 Å². The van der Waals surface area contributed by atoms with E-state index in [4.69, 9.17) is 16.1 Å². The summed E-state index contributed by atoms with van der Waals surface area (Å²) in [6, 6.07) is 9.06. The van der Waals surface area contributed by atoms with Crippen LogP contribution in [0.4, 0.5) is 0 Å². The molecule has 0 radical (unpaired) electrons. The fourth-order valence-corrected chi connectivity index (χ4v) is 1.14. The summed E-state index contributed by atoms with van der Waals surface area (Å²) in [5.41, 5.74) is 7.18. The van der Waals surface area contributed by atoms with Crippen molar-refractivity contribution in [3.8, 4) is 6.07 Å². The highest BCUT2D eigenvalue weighted by Gasteiger charge is 2.02. The van der Waals surface area contributed by atoms with Gasteiger partial charge >= 0.3 is 0 Å². The SMILES string of the molecule is N#Cc1cccc(C[C@H](N)CO)c1. The molecule has 0 aromatic heterocycles. The number of nitrogens with zero attached hydrogens (tertiary/aromatic N) is 1. The van der Waals surface area contributed by atoms with Gasteiger partial charge in [-0.2, -0.15) is 5.26 Å². The van der Waals surface area contributed by atoms with Crippen LogP contribution >= 0.6 is 0 Å². The minimum atomic E-state index is -0.242. The number of nitrogens with two attached hydrogens (primary N) is 1. The lowest BCUT2D eigenvalue weighted by molar-refractivity contribution is 0.265. The van der Waals surface area contributed by atoms with Crippen LogP contribution in [0.2, 0.25) is 0 Å². The number of hydrogen-bond donors (Lipinski definition) is 2. The minimum absolute atomic E-state index is 0.0310. The third-order valence-electron chi connectivity index (χ3n) is 1.79. The first-order valence-electron chi connectivity index (χ1n) is 4.11. The van der Waals surface area contributed by atoms with Crippen LogP contribution in [0.25, 0.3) is 0 Å². The van der Waals surface area contributed by atoms with Gasteiger partial charge in [0.1, 0.15) is 0 Å². The van der Waals surface area contributed by atoms with Crippen molar-refractivity contribution in [1.82, 2.24) is 0 Å². The lowest BCUT2D eigenvalue weighted by Crippen LogP contribution is -2.26. The van der Waals surface area contributed by atoms with Crippen LogP contribution in [0.5, 0.6) is 0 Å². The van der Waals surface area contributed by atoms with E-state index in [2.05, 4.69) is 6.07 Å². The standard InChI is InChI=1S/C10H12N2O/c11-6-9-3-1-2-8(4-9)5-10(12)7-13/h1-4,10,13H,5,7,12H2/t10-/m0/s1. The summed E-state index contributed by atoms with van der Waals surface area (Å²) in [5.74, 6) is 0. The van der Waals surface area contributed by atoms with Gasteiger partial charge < -0.3 is 10.8 Å². The number of rotatable bonds is 3. The molecule has 1 atom stereocenters. The molecule has 0 bridgehead atoms. The summed E-state index contributed by atoms with van der Waals surface area (Å²) in [5, 5.41) is 17.4. The number of aliphatic hydroxyl groups is 1. The van der Waals surface area contributed by atoms with E-state index < -0.39 is 0 Å². The second-order valence-corrected chi connectivity index (χ2v) is 2.96. The molecule has 1 aromatic rings. The third-order valence-corrected chi connectivity index (χ3v) is 1.79. The van der Waals surface area contributed by atoms with E-state index in [1.165, 1.54) is 0 Å². The predicted molar refractivity (Wildman–Crippen MR) is 49.9 cm³/mol. The molecule has 0 aliphatic carbocycles. The lowest BCUT2D eigenvalue weighted by Gasteiger charge is -2.07. The topological polar surface area (TPSA) is 70.0 Å². The smallest absolute Gasteiger partial charge is 0.0991 e.